The first-order chi connectivity index (χ1) is 5.18. The van der Waals surface area contributed by atoms with Gasteiger partial charge in [0.05, 0.1) is 4.99 Å². The molecule has 1 aromatic rings. The summed E-state index contributed by atoms with van der Waals surface area (Å²) in [5, 5.41) is 0. The summed E-state index contributed by atoms with van der Waals surface area (Å²) in [5.41, 5.74) is 6.40. The average molecular weight is 231 g/mol. The van der Waals surface area contributed by atoms with E-state index < -0.39 is 0 Å². The third-order valence-corrected chi connectivity index (χ3v) is 1.72. The maximum absolute atomic E-state index is 5.36. The largest absolute Gasteiger partial charge is 0.393 e. The molecule has 1 rings (SSSR count). The normalized spacial score (nSPS) is 9.55. The molecule has 0 aliphatic heterocycles. The van der Waals surface area contributed by atoms with Crippen molar-refractivity contribution in [2.75, 3.05) is 0 Å². The summed E-state index contributed by atoms with van der Waals surface area (Å²) in [5.74, 6) is 0. The van der Waals surface area contributed by atoms with Crippen LogP contribution < -0.4 is 5.73 Å². The zero-order valence-electron chi connectivity index (χ0n) is 5.75. The fraction of sp³-hybridized carbons (Fsp3) is 0.143. The van der Waals surface area contributed by atoms with Gasteiger partial charge in [0, 0.05) is 23.3 Å². The molecule has 0 aromatic carbocycles. The van der Waals surface area contributed by atoms with Gasteiger partial charge in [-0.3, -0.25) is 4.98 Å². The molecular formula is C7H7BrN2S. The van der Waals surface area contributed by atoms with E-state index in [1.807, 2.05) is 6.07 Å². The number of nitrogens with zero attached hydrogens (tertiary/aromatic N) is 1. The molecule has 1 heterocycles. The lowest BCUT2D eigenvalue weighted by molar-refractivity contribution is 1.21. The lowest BCUT2D eigenvalue weighted by Crippen LogP contribution is -2.10. The van der Waals surface area contributed by atoms with E-state index in [-0.39, 0.29) is 0 Å². The third-order valence-electron chi connectivity index (χ3n) is 1.14. The van der Waals surface area contributed by atoms with Gasteiger partial charge in [0.1, 0.15) is 0 Å². The Morgan fingerprint density at radius 3 is 2.91 bits per heavy atom. The van der Waals surface area contributed by atoms with Crippen LogP contribution >= 0.6 is 28.1 Å². The number of hydrogen-bond acceptors (Lipinski definition) is 2. The molecule has 0 unspecified atom stereocenters. The number of halogens is 1. The number of nitrogens with two attached hydrogens (primary N) is 1. The van der Waals surface area contributed by atoms with Gasteiger partial charge in [-0.1, -0.05) is 12.2 Å². The van der Waals surface area contributed by atoms with Crippen LogP contribution in [0.3, 0.4) is 0 Å². The summed E-state index contributed by atoms with van der Waals surface area (Å²) in [7, 11) is 0. The van der Waals surface area contributed by atoms with E-state index in [2.05, 4.69) is 20.9 Å². The molecule has 0 saturated carbocycles. The minimum absolute atomic E-state index is 0.491. The van der Waals surface area contributed by atoms with Crippen molar-refractivity contribution in [1.82, 2.24) is 4.98 Å². The highest BCUT2D eigenvalue weighted by atomic mass is 79.9. The minimum atomic E-state index is 0.491. The quantitative estimate of drug-likeness (QED) is 0.787. The van der Waals surface area contributed by atoms with Crippen LogP contribution in [0.1, 0.15) is 5.56 Å². The van der Waals surface area contributed by atoms with Gasteiger partial charge >= 0.3 is 0 Å². The monoisotopic (exact) mass is 230 g/mol. The molecule has 0 aliphatic carbocycles. The van der Waals surface area contributed by atoms with Crippen LogP contribution in [0.2, 0.25) is 0 Å². The van der Waals surface area contributed by atoms with Crippen molar-refractivity contribution in [3.05, 3.63) is 28.5 Å². The molecule has 1 aromatic heterocycles. The highest BCUT2D eigenvalue weighted by Crippen LogP contribution is 2.09. The topological polar surface area (TPSA) is 38.9 Å². The summed E-state index contributed by atoms with van der Waals surface area (Å²) in [6.45, 7) is 0. The summed E-state index contributed by atoms with van der Waals surface area (Å²) in [4.78, 5) is 4.47. The highest BCUT2D eigenvalue weighted by molar-refractivity contribution is 9.10. The van der Waals surface area contributed by atoms with Crippen molar-refractivity contribution in [2.24, 2.45) is 5.73 Å². The van der Waals surface area contributed by atoms with E-state index in [1.165, 1.54) is 0 Å². The van der Waals surface area contributed by atoms with Crippen LogP contribution in [-0.2, 0) is 6.42 Å². The Kier molecular flexibility index (Phi) is 2.96. The Morgan fingerprint density at radius 1 is 1.64 bits per heavy atom. The Hall–Kier alpha value is -0.480. The third kappa shape index (κ3) is 2.95. The first kappa shape index (κ1) is 8.62. The van der Waals surface area contributed by atoms with Gasteiger partial charge in [0.15, 0.2) is 0 Å². The molecule has 11 heavy (non-hydrogen) atoms. The second-order valence-corrected chi connectivity index (χ2v) is 3.59. The Bertz CT molecular complexity index is 275. The van der Waals surface area contributed by atoms with Crippen LogP contribution in [0.25, 0.3) is 0 Å². The van der Waals surface area contributed by atoms with Gasteiger partial charge in [0.2, 0.25) is 0 Å². The van der Waals surface area contributed by atoms with Gasteiger partial charge in [-0.25, -0.2) is 0 Å². The van der Waals surface area contributed by atoms with Crippen LogP contribution in [0.4, 0.5) is 0 Å². The number of pyridine rings is 1. The first-order valence-electron chi connectivity index (χ1n) is 3.06. The van der Waals surface area contributed by atoms with Crippen LogP contribution in [-0.4, -0.2) is 9.97 Å². The Labute approximate surface area is 78.9 Å². The number of hydrogen-bond donors (Lipinski definition) is 1. The van der Waals surface area contributed by atoms with Gasteiger partial charge < -0.3 is 5.73 Å². The Balaban J connectivity index is 2.79. The first-order valence-corrected chi connectivity index (χ1v) is 4.26. The number of thiocarbonyl (C=S) groups is 1. The fourth-order valence-electron chi connectivity index (χ4n) is 0.754. The van der Waals surface area contributed by atoms with Gasteiger partial charge in [-0.15, -0.1) is 0 Å². The fourth-order valence-corrected chi connectivity index (χ4v) is 1.33. The van der Waals surface area contributed by atoms with Gasteiger partial charge in [0.25, 0.3) is 0 Å². The van der Waals surface area contributed by atoms with Crippen LogP contribution in [0, 0.1) is 0 Å². The van der Waals surface area contributed by atoms with Crippen LogP contribution in [0.15, 0.2) is 22.9 Å². The van der Waals surface area contributed by atoms with Crippen molar-refractivity contribution in [3.63, 3.8) is 0 Å². The molecule has 58 valence electrons. The molecule has 2 nitrogen and oxygen atoms in total. The minimum Gasteiger partial charge on any atom is -0.393 e. The smallest absolute Gasteiger partial charge is 0.0772 e. The highest BCUT2D eigenvalue weighted by Gasteiger charge is 1.95. The van der Waals surface area contributed by atoms with Crippen LogP contribution in [0.5, 0.6) is 0 Å². The predicted octanol–water partition coefficient (Wildman–Crippen LogP) is 1.67. The maximum atomic E-state index is 5.36. The lowest BCUT2D eigenvalue weighted by Gasteiger charge is -1.97. The maximum Gasteiger partial charge on any atom is 0.0772 e. The Morgan fingerprint density at radius 2 is 2.36 bits per heavy atom. The van der Waals surface area contributed by atoms with Crippen molar-refractivity contribution in [2.45, 2.75) is 6.42 Å². The summed E-state index contributed by atoms with van der Waals surface area (Å²) in [6, 6.07) is 1.95. The van der Waals surface area contributed by atoms with Crippen molar-refractivity contribution in [3.8, 4) is 0 Å². The second-order valence-electron chi connectivity index (χ2n) is 2.15. The van der Waals surface area contributed by atoms with E-state index in [0.717, 1.165) is 10.0 Å². The molecule has 0 aliphatic rings. The van der Waals surface area contributed by atoms with Crippen molar-refractivity contribution in [1.29, 1.82) is 0 Å². The van der Waals surface area contributed by atoms with E-state index in [1.54, 1.807) is 12.4 Å². The molecule has 0 amide bonds. The molecule has 0 bridgehead atoms. The molecule has 2 N–H and O–H groups in total. The average Bonchev–Trinajstić information content (AvgIpc) is 1.85. The summed E-state index contributed by atoms with van der Waals surface area (Å²) < 4.78 is 0.950. The summed E-state index contributed by atoms with van der Waals surface area (Å²) >= 11 is 8.06. The summed E-state index contributed by atoms with van der Waals surface area (Å²) in [6.07, 6.45) is 4.09. The van der Waals surface area contributed by atoms with E-state index >= 15 is 0 Å². The molecule has 4 heteroatoms. The molecule has 0 atom stereocenters. The SMILES string of the molecule is NC(=S)Cc1cncc(Br)c1. The standard InChI is InChI=1S/C7H7BrN2S/c8-6-1-5(2-7(9)11)3-10-4-6/h1,3-4H,2H2,(H2,9,11). The van der Waals surface area contributed by atoms with Gasteiger partial charge in [-0.05, 0) is 27.6 Å². The molecule has 0 fully saturated rings. The number of aromatic nitrogens is 1. The van der Waals surface area contributed by atoms with Crippen molar-refractivity contribution >= 4 is 33.1 Å². The molecule has 0 radical (unpaired) electrons. The van der Waals surface area contributed by atoms with Gasteiger partial charge in [-0.2, -0.15) is 0 Å². The predicted molar refractivity (Wildman–Crippen MR) is 52.4 cm³/mol. The van der Waals surface area contributed by atoms with E-state index in [4.69, 9.17) is 18.0 Å². The zero-order chi connectivity index (χ0) is 8.27. The molecule has 0 saturated heterocycles. The molecular weight excluding hydrogens is 224 g/mol. The number of rotatable bonds is 2. The van der Waals surface area contributed by atoms with Crippen molar-refractivity contribution < 1.29 is 0 Å². The van der Waals surface area contributed by atoms with E-state index in [0.29, 0.717) is 11.4 Å². The molecule has 0 spiro atoms. The lowest BCUT2D eigenvalue weighted by atomic mass is 10.2. The second kappa shape index (κ2) is 3.78. The van der Waals surface area contributed by atoms with E-state index in [9.17, 15) is 0 Å². The zero-order valence-corrected chi connectivity index (χ0v) is 8.15.